The molecule has 1 aliphatic carbocycles. The molecule has 23 heavy (non-hydrogen) atoms. The number of fused-ring (bicyclic) bond motifs is 2. The Bertz CT molecular complexity index is 825. The van der Waals surface area contributed by atoms with Crippen molar-refractivity contribution in [2.75, 3.05) is 5.32 Å². The highest BCUT2D eigenvalue weighted by molar-refractivity contribution is 7.21. The molecule has 4 nitrogen and oxygen atoms in total. The minimum atomic E-state index is -0.0865. The molecule has 1 aliphatic rings. The smallest absolute Gasteiger partial charge is 0.267 e. The van der Waals surface area contributed by atoms with Gasteiger partial charge in [-0.25, -0.2) is 4.98 Å². The molecule has 1 amide bonds. The zero-order chi connectivity index (χ0) is 15.1. The molecular weight excluding hydrogens is 350 g/mol. The van der Waals surface area contributed by atoms with E-state index in [9.17, 15) is 4.79 Å². The Hall–Kier alpha value is -1.47. The summed E-state index contributed by atoms with van der Waals surface area (Å²) in [6.07, 6.45) is 2.75. The summed E-state index contributed by atoms with van der Waals surface area (Å²) in [6, 6.07) is 10.2. The van der Waals surface area contributed by atoms with Crippen LogP contribution in [0.5, 0.6) is 0 Å². The molecule has 0 unspecified atom stereocenters. The van der Waals surface area contributed by atoms with Gasteiger partial charge in [-0.2, -0.15) is 0 Å². The van der Waals surface area contributed by atoms with Gasteiger partial charge in [-0.15, -0.1) is 35.1 Å². The van der Waals surface area contributed by atoms with Gasteiger partial charge in [-0.05, 0) is 36.8 Å². The largest absolute Gasteiger partial charge is 0.327 e. The number of benzene rings is 1. The van der Waals surface area contributed by atoms with Gasteiger partial charge in [-0.1, -0.05) is 18.2 Å². The third-order valence-corrected chi connectivity index (χ3v) is 6.00. The van der Waals surface area contributed by atoms with Gasteiger partial charge < -0.3 is 5.73 Å². The van der Waals surface area contributed by atoms with Gasteiger partial charge in [-0.3, -0.25) is 10.1 Å². The molecule has 1 atom stereocenters. The number of carbonyl (C=O) groups is 1. The molecule has 3 aromatic rings. The lowest BCUT2D eigenvalue weighted by Gasteiger charge is -2.15. The van der Waals surface area contributed by atoms with Crippen molar-refractivity contribution in [3.63, 3.8) is 0 Å². The van der Waals surface area contributed by atoms with E-state index in [4.69, 9.17) is 5.73 Å². The van der Waals surface area contributed by atoms with E-state index >= 15 is 0 Å². The monoisotopic (exact) mass is 365 g/mol. The number of carbonyl (C=O) groups excluding carboxylic acids is 1. The van der Waals surface area contributed by atoms with Crippen LogP contribution in [0.25, 0.3) is 10.1 Å². The van der Waals surface area contributed by atoms with Crippen molar-refractivity contribution in [2.45, 2.75) is 25.3 Å². The normalized spacial score (nSPS) is 16.7. The molecule has 0 radical (unpaired) electrons. The molecule has 0 saturated heterocycles. The van der Waals surface area contributed by atoms with Crippen LogP contribution in [-0.4, -0.2) is 16.9 Å². The van der Waals surface area contributed by atoms with E-state index in [1.165, 1.54) is 16.2 Å². The van der Waals surface area contributed by atoms with Crippen LogP contribution in [0, 0.1) is 0 Å². The maximum absolute atomic E-state index is 12.4. The zero-order valence-electron chi connectivity index (χ0n) is 12.2. The summed E-state index contributed by atoms with van der Waals surface area (Å²) in [5, 5.41) is 4.71. The Morgan fingerprint density at radius 2 is 2.13 bits per heavy atom. The summed E-state index contributed by atoms with van der Waals surface area (Å²) in [7, 11) is 0. The van der Waals surface area contributed by atoms with Crippen LogP contribution in [0.15, 0.2) is 30.3 Å². The fraction of sp³-hybridized carbons (Fsp3) is 0.250. The standard InChI is InChI=1S/C16H15N3OS2.ClH/c17-10-5-6-11-13(8-10)22-16(18-11)19-15(20)14-7-9-3-1-2-4-12(9)21-14;/h1-4,7,10H,5-6,8,17H2,(H,18,19,20);1H/t10-;/m0./s1. The molecular formula is C16H16ClN3OS2. The number of aryl methyl sites for hydroxylation is 1. The molecule has 1 aromatic carbocycles. The number of hydrogen-bond acceptors (Lipinski definition) is 5. The Kier molecular flexibility index (Phi) is 4.68. The molecule has 0 aliphatic heterocycles. The van der Waals surface area contributed by atoms with Crippen molar-refractivity contribution >= 4 is 56.2 Å². The van der Waals surface area contributed by atoms with Gasteiger partial charge >= 0.3 is 0 Å². The van der Waals surface area contributed by atoms with Gasteiger partial charge in [0.2, 0.25) is 0 Å². The van der Waals surface area contributed by atoms with Crippen molar-refractivity contribution in [1.82, 2.24) is 4.98 Å². The van der Waals surface area contributed by atoms with E-state index in [-0.39, 0.29) is 24.4 Å². The number of thiophene rings is 1. The predicted octanol–water partition coefficient (Wildman–Crippen LogP) is 3.85. The first kappa shape index (κ1) is 16.4. The lowest BCUT2D eigenvalue weighted by atomic mass is 9.99. The van der Waals surface area contributed by atoms with Crippen LogP contribution in [0.3, 0.4) is 0 Å². The number of nitrogens with one attached hydrogen (secondary N) is 1. The van der Waals surface area contributed by atoms with Crippen LogP contribution < -0.4 is 11.1 Å². The fourth-order valence-corrected chi connectivity index (χ4v) is 4.76. The first-order valence-corrected chi connectivity index (χ1v) is 8.86. The van der Waals surface area contributed by atoms with Crippen LogP contribution in [0.4, 0.5) is 5.13 Å². The second-order valence-corrected chi connectivity index (χ2v) is 7.66. The highest BCUT2D eigenvalue weighted by atomic mass is 35.5. The lowest BCUT2D eigenvalue weighted by Crippen LogP contribution is -2.26. The second kappa shape index (κ2) is 6.57. The van der Waals surface area contributed by atoms with Crippen LogP contribution in [-0.2, 0) is 12.8 Å². The molecule has 2 aromatic heterocycles. The number of nitrogens with two attached hydrogens (primary N) is 1. The van der Waals surface area contributed by atoms with Crippen molar-refractivity contribution in [3.8, 4) is 0 Å². The average molecular weight is 366 g/mol. The third kappa shape index (κ3) is 3.26. The number of halogens is 1. The van der Waals surface area contributed by atoms with E-state index < -0.39 is 0 Å². The summed E-state index contributed by atoms with van der Waals surface area (Å²) in [5.41, 5.74) is 7.08. The predicted molar refractivity (Wildman–Crippen MR) is 99.1 cm³/mol. The molecule has 0 fully saturated rings. The topological polar surface area (TPSA) is 68.0 Å². The van der Waals surface area contributed by atoms with Gasteiger partial charge in [0, 0.05) is 15.6 Å². The number of hydrogen-bond donors (Lipinski definition) is 2. The number of nitrogens with zero attached hydrogens (tertiary/aromatic N) is 1. The number of rotatable bonds is 2. The third-order valence-electron chi connectivity index (χ3n) is 3.85. The van der Waals surface area contributed by atoms with Gasteiger partial charge in [0.1, 0.15) is 0 Å². The Morgan fingerprint density at radius 1 is 1.30 bits per heavy atom. The average Bonchev–Trinajstić information content (AvgIpc) is 3.09. The molecule has 120 valence electrons. The maximum Gasteiger partial charge on any atom is 0.267 e. The van der Waals surface area contributed by atoms with Gasteiger partial charge in [0.05, 0.1) is 10.6 Å². The van der Waals surface area contributed by atoms with E-state index in [0.29, 0.717) is 10.0 Å². The summed E-state index contributed by atoms with van der Waals surface area (Å²) in [4.78, 5) is 18.9. The molecule has 4 rings (SSSR count). The Morgan fingerprint density at radius 3 is 2.96 bits per heavy atom. The van der Waals surface area contributed by atoms with Gasteiger partial charge in [0.15, 0.2) is 5.13 Å². The van der Waals surface area contributed by atoms with E-state index in [1.54, 1.807) is 11.3 Å². The number of thiazole rings is 1. The van der Waals surface area contributed by atoms with E-state index in [1.807, 2.05) is 30.3 Å². The number of amides is 1. The Balaban J connectivity index is 0.00000156. The number of aromatic nitrogens is 1. The SMILES string of the molecule is Cl.N[C@H]1CCc2nc(NC(=O)c3cc4ccccc4s3)sc2C1. The minimum Gasteiger partial charge on any atom is -0.327 e. The highest BCUT2D eigenvalue weighted by Gasteiger charge is 2.21. The lowest BCUT2D eigenvalue weighted by molar-refractivity contribution is 0.103. The fourth-order valence-electron chi connectivity index (χ4n) is 2.71. The Labute approximate surface area is 148 Å². The maximum atomic E-state index is 12.4. The second-order valence-electron chi connectivity index (χ2n) is 5.49. The van der Waals surface area contributed by atoms with Crippen molar-refractivity contribution < 1.29 is 4.79 Å². The molecule has 0 saturated carbocycles. The quantitative estimate of drug-likeness (QED) is 0.724. The molecule has 0 bridgehead atoms. The number of anilines is 1. The van der Waals surface area contributed by atoms with E-state index in [0.717, 1.165) is 35.0 Å². The highest BCUT2D eigenvalue weighted by Crippen LogP contribution is 2.31. The van der Waals surface area contributed by atoms with Crippen LogP contribution >= 0.6 is 35.1 Å². The molecule has 2 heterocycles. The molecule has 3 N–H and O–H groups in total. The summed E-state index contributed by atoms with van der Waals surface area (Å²) in [5.74, 6) is -0.0865. The summed E-state index contributed by atoms with van der Waals surface area (Å²) in [6.45, 7) is 0. The summed E-state index contributed by atoms with van der Waals surface area (Å²) < 4.78 is 1.12. The first-order valence-electron chi connectivity index (χ1n) is 7.23. The molecule has 0 spiro atoms. The van der Waals surface area contributed by atoms with E-state index in [2.05, 4.69) is 10.3 Å². The van der Waals surface area contributed by atoms with Crippen LogP contribution in [0.2, 0.25) is 0 Å². The van der Waals surface area contributed by atoms with Crippen molar-refractivity contribution in [2.24, 2.45) is 5.73 Å². The van der Waals surface area contributed by atoms with Gasteiger partial charge in [0.25, 0.3) is 5.91 Å². The van der Waals surface area contributed by atoms with Crippen molar-refractivity contribution in [1.29, 1.82) is 0 Å². The summed E-state index contributed by atoms with van der Waals surface area (Å²) >= 11 is 3.06. The zero-order valence-corrected chi connectivity index (χ0v) is 14.7. The van der Waals surface area contributed by atoms with Crippen molar-refractivity contribution in [3.05, 3.63) is 45.8 Å². The molecule has 7 heteroatoms. The first-order chi connectivity index (χ1) is 10.7. The van der Waals surface area contributed by atoms with Crippen LogP contribution in [0.1, 0.15) is 26.7 Å². The minimum absolute atomic E-state index is 0.